The first kappa shape index (κ1) is 11.3. The van der Waals surface area contributed by atoms with Crippen molar-refractivity contribution in [1.82, 2.24) is 0 Å². The minimum Gasteiger partial charge on any atom is -0.396 e. The molecule has 0 bridgehead atoms. The second kappa shape index (κ2) is 3.68. The lowest BCUT2D eigenvalue weighted by molar-refractivity contribution is -0.221. The number of hydrogen-bond acceptors (Lipinski definition) is 5. The lowest BCUT2D eigenvalue weighted by Crippen LogP contribution is -2.38. The first-order valence-corrected chi connectivity index (χ1v) is 5.24. The largest absolute Gasteiger partial charge is 0.396 e. The van der Waals surface area contributed by atoms with Gasteiger partial charge in [0.05, 0.1) is 6.10 Å². The second-order valence-corrected chi connectivity index (χ2v) is 4.72. The van der Waals surface area contributed by atoms with Crippen LogP contribution in [-0.2, 0) is 14.2 Å². The standard InChI is InChI=1S/C10H18O5/c1-5(4-11)7-6(12)8-9(13-7)15-10(2,3)14-8/h5-9,11-12H,4H2,1-3H3/t5-,6+,7-,8+,9+/m0/s1. The van der Waals surface area contributed by atoms with Crippen molar-refractivity contribution < 1.29 is 24.4 Å². The van der Waals surface area contributed by atoms with Crippen LogP contribution in [0.2, 0.25) is 0 Å². The van der Waals surface area contributed by atoms with Crippen molar-refractivity contribution >= 4 is 0 Å². The quantitative estimate of drug-likeness (QED) is 0.674. The molecule has 5 heteroatoms. The molecule has 0 amide bonds. The summed E-state index contributed by atoms with van der Waals surface area (Å²) in [5.74, 6) is -0.829. The first-order chi connectivity index (χ1) is 6.94. The molecule has 0 aromatic heterocycles. The molecular formula is C10H18O5. The molecule has 5 atom stereocenters. The number of fused-ring (bicyclic) bond motifs is 1. The highest BCUT2D eigenvalue weighted by atomic mass is 16.8. The average molecular weight is 218 g/mol. The topological polar surface area (TPSA) is 68.2 Å². The smallest absolute Gasteiger partial charge is 0.190 e. The van der Waals surface area contributed by atoms with Crippen LogP contribution in [0.5, 0.6) is 0 Å². The molecule has 2 saturated heterocycles. The molecule has 0 aliphatic carbocycles. The van der Waals surface area contributed by atoms with E-state index < -0.39 is 30.4 Å². The SMILES string of the molecule is C[C@@H](CO)[C@@H]1O[C@@H]2OC(C)(C)O[C@@H]2[C@@H]1O. The fourth-order valence-electron chi connectivity index (χ4n) is 2.09. The van der Waals surface area contributed by atoms with Crippen molar-refractivity contribution in [3.63, 3.8) is 0 Å². The van der Waals surface area contributed by atoms with Crippen molar-refractivity contribution in [2.75, 3.05) is 6.61 Å². The fourth-order valence-corrected chi connectivity index (χ4v) is 2.09. The lowest BCUT2D eigenvalue weighted by atomic mass is 9.99. The Hall–Kier alpha value is -0.200. The molecule has 0 unspecified atom stereocenters. The van der Waals surface area contributed by atoms with Crippen LogP contribution in [0.4, 0.5) is 0 Å². The fraction of sp³-hybridized carbons (Fsp3) is 1.00. The summed E-state index contributed by atoms with van der Waals surface area (Å²) in [6, 6.07) is 0. The van der Waals surface area contributed by atoms with E-state index in [2.05, 4.69) is 0 Å². The van der Waals surface area contributed by atoms with E-state index in [0.717, 1.165) is 0 Å². The van der Waals surface area contributed by atoms with Gasteiger partial charge >= 0.3 is 0 Å². The van der Waals surface area contributed by atoms with Crippen LogP contribution in [-0.4, -0.2) is 47.2 Å². The average Bonchev–Trinajstić information content (AvgIpc) is 2.60. The second-order valence-electron chi connectivity index (χ2n) is 4.72. The summed E-state index contributed by atoms with van der Waals surface area (Å²) < 4.78 is 16.5. The van der Waals surface area contributed by atoms with Crippen LogP contribution in [0, 0.1) is 5.92 Å². The van der Waals surface area contributed by atoms with Gasteiger partial charge in [0.25, 0.3) is 0 Å². The zero-order valence-corrected chi connectivity index (χ0v) is 9.21. The van der Waals surface area contributed by atoms with Crippen molar-refractivity contribution in [2.45, 2.75) is 51.2 Å². The molecule has 5 nitrogen and oxygen atoms in total. The van der Waals surface area contributed by atoms with Gasteiger partial charge in [-0.15, -0.1) is 0 Å². The van der Waals surface area contributed by atoms with E-state index in [1.165, 1.54) is 0 Å². The summed E-state index contributed by atoms with van der Waals surface area (Å²) in [5, 5.41) is 19.0. The third-order valence-corrected chi connectivity index (χ3v) is 2.90. The van der Waals surface area contributed by atoms with Crippen LogP contribution in [0.3, 0.4) is 0 Å². The molecule has 0 aromatic carbocycles. The Labute approximate surface area is 88.9 Å². The predicted octanol–water partition coefficient (Wildman–Crippen LogP) is -0.148. The summed E-state index contributed by atoms with van der Waals surface area (Å²) in [4.78, 5) is 0. The van der Waals surface area contributed by atoms with Crippen molar-refractivity contribution in [3.8, 4) is 0 Å². The summed E-state index contributed by atoms with van der Waals surface area (Å²) in [6.07, 6.45) is -2.12. The molecule has 0 saturated carbocycles. The molecule has 2 aliphatic heterocycles. The van der Waals surface area contributed by atoms with E-state index in [4.69, 9.17) is 19.3 Å². The molecule has 2 N–H and O–H groups in total. The van der Waals surface area contributed by atoms with Gasteiger partial charge in [-0.3, -0.25) is 0 Å². The highest BCUT2D eigenvalue weighted by Gasteiger charge is 2.55. The Morgan fingerprint density at radius 3 is 2.53 bits per heavy atom. The van der Waals surface area contributed by atoms with Crippen LogP contribution < -0.4 is 0 Å². The Bertz CT molecular complexity index is 242. The maximum Gasteiger partial charge on any atom is 0.190 e. The Kier molecular flexibility index (Phi) is 2.77. The lowest BCUT2D eigenvalue weighted by Gasteiger charge is -2.25. The van der Waals surface area contributed by atoms with Gasteiger partial charge in [0.2, 0.25) is 0 Å². The summed E-state index contributed by atoms with van der Waals surface area (Å²) in [7, 11) is 0. The summed E-state index contributed by atoms with van der Waals surface area (Å²) in [5.41, 5.74) is 0. The molecule has 0 radical (unpaired) electrons. The maximum absolute atomic E-state index is 9.95. The minimum atomic E-state index is -0.737. The molecular weight excluding hydrogens is 200 g/mol. The van der Waals surface area contributed by atoms with Crippen molar-refractivity contribution in [1.29, 1.82) is 0 Å². The van der Waals surface area contributed by atoms with Gasteiger partial charge in [-0.25, -0.2) is 0 Å². The van der Waals surface area contributed by atoms with E-state index >= 15 is 0 Å². The van der Waals surface area contributed by atoms with Crippen LogP contribution in [0.15, 0.2) is 0 Å². The molecule has 0 aromatic rings. The minimum absolute atomic E-state index is 0.0233. The highest BCUT2D eigenvalue weighted by molar-refractivity contribution is 4.94. The van der Waals surface area contributed by atoms with E-state index in [9.17, 15) is 5.11 Å². The van der Waals surface area contributed by atoms with E-state index in [1.54, 1.807) is 13.8 Å². The number of ether oxygens (including phenoxy) is 3. The van der Waals surface area contributed by atoms with Gasteiger partial charge in [0.1, 0.15) is 12.2 Å². The molecule has 2 aliphatic rings. The maximum atomic E-state index is 9.95. The number of hydrogen-bond donors (Lipinski definition) is 2. The highest BCUT2D eigenvalue weighted by Crippen LogP contribution is 2.39. The Morgan fingerprint density at radius 1 is 1.33 bits per heavy atom. The molecule has 0 spiro atoms. The Balaban J connectivity index is 2.05. The summed E-state index contributed by atoms with van der Waals surface area (Å²) >= 11 is 0. The van der Waals surface area contributed by atoms with E-state index in [0.29, 0.717) is 0 Å². The number of aliphatic hydroxyl groups is 2. The van der Waals surface area contributed by atoms with E-state index in [-0.39, 0.29) is 12.5 Å². The molecule has 88 valence electrons. The third-order valence-electron chi connectivity index (χ3n) is 2.90. The zero-order chi connectivity index (χ0) is 11.2. The monoisotopic (exact) mass is 218 g/mol. The third kappa shape index (κ3) is 1.90. The van der Waals surface area contributed by atoms with Crippen molar-refractivity contribution in [2.24, 2.45) is 5.92 Å². The van der Waals surface area contributed by atoms with Gasteiger partial charge < -0.3 is 24.4 Å². The zero-order valence-electron chi connectivity index (χ0n) is 9.21. The van der Waals surface area contributed by atoms with Gasteiger partial charge in [-0.1, -0.05) is 6.92 Å². The van der Waals surface area contributed by atoms with Gasteiger partial charge in [0, 0.05) is 12.5 Å². The molecule has 2 fully saturated rings. The van der Waals surface area contributed by atoms with Crippen LogP contribution in [0.25, 0.3) is 0 Å². The van der Waals surface area contributed by atoms with E-state index in [1.807, 2.05) is 6.92 Å². The Morgan fingerprint density at radius 2 is 2.00 bits per heavy atom. The molecule has 2 rings (SSSR count). The van der Waals surface area contributed by atoms with Gasteiger partial charge in [0.15, 0.2) is 12.1 Å². The van der Waals surface area contributed by atoms with Crippen LogP contribution in [0.1, 0.15) is 20.8 Å². The number of rotatable bonds is 2. The van der Waals surface area contributed by atoms with Crippen molar-refractivity contribution in [3.05, 3.63) is 0 Å². The summed E-state index contributed by atoms with van der Waals surface area (Å²) in [6.45, 7) is 5.36. The van der Waals surface area contributed by atoms with Gasteiger partial charge in [-0.05, 0) is 13.8 Å². The van der Waals surface area contributed by atoms with Gasteiger partial charge in [-0.2, -0.15) is 0 Å². The van der Waals surface area contributed by atoms with Crippen LogP contribution >= 0.6 is 0 Å². The molecule has 2 heterocycles. The number of aliphatic hydroxyl groups excluding tert-OH is 2. The molecule has 15 heavy (non-hydrogen) atoms. The first-order valence-electron chi connectivity index (χ1n) is 5.24. The predicted molar refractivity (Wildman–Crippen MR) is 51.0 cm³/mol. The normalized spacial score (nSPS) is 45.4.